The van der Waals surface area contributed by atoms with Gasteiger partial charge < -0.3 is 65.1 Å². The Hall–Kier alpha value is -1.53. The second-order valence-corrected chi connectivity index (χ2v) is 21.8. The van der Waals surface area contributed by atoms with Crippen LogP contribution in [0.3, 0.4) is 0 Å². The van der Waals surface area contributed by atoms with Gasteiger partial charge in [-0.05, 0) is 25.7 Å². The smallest absolute Gasteiger partial charge is 0.220 e. The Morgan fingerprint density at radius 2 is 0.865 bits per heavy atom. The summed E-state index contributed by atoms with van der Waals surface area (Å²) in [4.78, 5) is 13.2. The van der Waals surface area contributed by atoms with Crippen LogP contribution in [0.1, 0.15) is 258 Å². The van der Waals surface area contributed by atoms with E-state index in [1.807, 2.05) is 6.08 Å². The maximum Gasteiger partial charge on any atom is 0.220 e. The zero-order chi connectivity index (χ0) is 53.9. The molecule has 0 radical (unpaired) electrons. The van der Waals surface area contributed by atoms with Crippen LogP contribution < -0.4 is 5.32 Å². The average molecular weight is 1060 g/mol. The van der Waals surface area contributed by atoms with E-state index in [0.717, 1.165) is 38.5 Å². The molecule has 74 heavy (non-hydrogen) atoms. The van der Waals surface area contributed by atoms with E-state index in [2.05, 4.69) is 31.3 Å². The van der Waals surface area contributed by atoms with Crippen molar-refractivity contribution in [3.63, 3.8) is 0 Å². The van der Waals surface area contributed by atoms with E-state index in [1.54, 1.807) is 6.08 Å². The molecular formula is C60H113NO13. The van der Waals surface area contributed by atoms with Crippen LogP contribution in [-0.2, 0) is 23.7 Å². The minimum Gasteiger partial charge on any atom is -0.394 e. The molecule has 0 aromatic carbocycles. The summed E-state index contributed by atoms with van der Waals surface area (Å²) in [5, 5.41) is 86.5. The van der Waals surface area contributed by atoms with Gasteiger partial charge in [-0.25, -0.2) is 0 Å². The second kappa shape index (κ2) is 46.4. The zero-order valence-electron chi connectivity index (χ0n) is 46.8. The average Bonchev–Trinajstić information content (AvgIpc) is 3.40. The van der Waals surface area contributed by atoms with Crippen molar-refractivity contribution in [3.8, 4) is 0 Å². The van der Waals surface area contributed by atoms with E-state index in [0.29, 0.717) is 12.8 Å². The van der Waals surface area contributed by atoms with Gasteiger partial charge in [0.05, 0.1) is 32.0 Å². The molecule has 2 saturated heterocycles. The summed E-state index contributed by atoms with van der Waals surface area (Å²) in [6.45, 7) is 2.68. The van der Waals surface area contributed by atoms with Gasteiger partial charge in [-0.15, -0.1) is 0 Å². The molecule has 436 valence electrons. The lowest BCUT2D eigenvalue weighted by Crippen LogP contribution is -2.65. The first-order valence-electron chi connectivity index (χ1n) is 30.6. The highest BCUT2D eigenvalue weighted by molar-refractivity contribution is 5.76. The van der Waals surface area contributed by atoms with Crippen LogP contribution in [0.15, 0.2) is 24.3 Å². The fraction of sp³-hybridized carbons (Fsp3) is 0.917. The summed E-state index contributed by atoms with van der Waals surface area (Å²) in [6, 6.07) is -0.925. The van der Waals surface area contributed by atoms with Crippen molar-refractivity contribution >= 4 is 5.91 Å². The fourth-order valence-electron chi connectivity index (χ4n) is 10.2. The maximum absolute atomic E-state index is 13.2. The predicted octanol–water partition coefficient (Wildman–Crippen LogP) is 10.4. The van der Waals surface area contributed by atoms with Crippen molar-refractivity contribution in [2.45, 2.75) is 331 Å². The Labute approximate surface area is 449 Å². The summed E-state index contributed by atoms with van der Waals surface area (Å²) in [7, 11) is 0. The van der Waals surface area contributed by atoms with Crippen LogP contribution in [0.25, 0.3) is 0 Å². The third-order valence-corrected chi connectivity index (χ3v) is 15.1. The van der Waals surface area contributed by atoms with Crippen LogP contribution in [-0.4, -0.2) is 140 Å². The summed E-state index contributed by atoms with van der Waals surface area (Å²) < 4.78 is 22.6. The van der Waals surface area contributed by atoms with Crippen molar-refractivity contribution in [2.75, 3.05) is 19.8 Å². The number of aliphatic hydroxyl groups is 8. The molecule has 2 fully saturated rings. The lowest BCUT2D eigenvalue weighted by atomic mass is 9.97. The van der Waals surface area contributed by atoms with Crippen molar-refractivity contribution in [2.24, 2.45) is 0 Å². The number of allylic oxidation sites excluding steroid dienone is 3. The van der Waals surface area contributed by atoms with Crippen molar-refractivity contribution in [1.82, 2.24) is 5.32 Å². The first-order chi connectivity index (χ1) is 36.1. The molecule has 0 spiro atoms. The molecule has 12 unspecified atom stereocenters. The number of hydrogen-bond acceptors (Lipinski definition) is 13. The maximum atomic E-state index is 13.2. The minimum absolute atomic E-state index is 0.249. The first-order valence-corrected chi connectivity index (χ1v) is 30.6. The lowest BCUT2D eigenvalue weighted by Gasteiger charge is -2.46. The van der Waals surface area contributed by atoms with Gasteiger partial charge in [-0.3, -0.25) is 4.79 Å². The van der Waals surface area contributed by atoms with E-state index >= 15 is 0 Å². The van der Waals surface area contributed by atoms with Gasteiger partial charge in [-0.2, -0.15) is 0 Å². The van der Waals surface area contributed by atoms with Crippen molar-refractivity contribution < 1.29 is 64.6 Å². The Morgan fingerprint density at radius 3 is 1.30 bits per heavy atom. The quantitative estimate of drug-likeness (QED) is 0.0204. The third-order valence-electron chi connectivity index (χ3n) is 15.1. The molecule has 14 heteroatoms. The van der Waals surface area contributed by atoms with Crippen molar-refractivity contribution in [3.05, 3.63) is 24.3 Å². The molecule has 2 aliphatic rings. The highest BCUT2D eigenvalue weighted by atomic mass is 16.7. The number of ether oxygens (including phenoxy) is 4. The molecule has 0 aromatic heterocycles. The lowest BCUT2D eigenvalue weighted by molar-refractivity contribution is -0.359. The van der Waals surface area contributed by atoms with Crippen molar-refractivity contribution in [1.29, 1.82) is 0 Å². The van der Waals surface area contributed by atoms with Gasteiger partial charge in [-0.1, -0.05) is 250 Å². The standard InChI is InChI=1S/C60H113NO13/c1-3-5-7-9-11-12-13-14-15-16-17-18-19-20-21-22-23-24-25-26-27-28-29-30-31-32-33-34-35-36-38-40-42-44-52(65)61-48(49(64)43-41-39-37-10-8-6-4-2)47-71-59-57(70)55(68)58(51(46-63)73-59)74-60-56(69)54(67)53(66)50(45-62)72-60/h8,10,41,43,48-51,53-60,62-64,66-70H,3-7,9,11-40,42,44-47H2,1-2H3,(H,61,65)/b10-8+,43-41+. The highest BCUT2D eigenvalue weighted by Crippen LogP contribution is 2.30. The van der Waals surface area contributed by atoms with E-state index in [9.17, 15) is 45.6 Å². The molecule has 0 aromatic rings. The normalized spacial score (nSPS) is 25.3. The number of nitrogens with one attached hydrogen (secondary N) is 1. The topological polar surface area (TPSA) is 228 Å². The molecule has 14 nitrogen and oxygen atoms in total. The van der Waals surface area contributed by atoms with E-state index in [1.165, 1.54) is 186 Å². The zero-order valence-corrected chi connectivity index (χ0v) is 46.8. The van der Waals surface area contributed by atoms with Gasteiger partial charge >= 0.3 is 0 Å². The minimum atomic E-state index is -1.79. The van der Waals surface area contributed by atoms with Gasteiger partial charge in [0, 0.05) is 6.42 Å². The highest BCUT2D eigenvalue weighted by Gasteiger charge is 2.51. The number of carbonyl (C=O) groups excluding carboxylic acids is 1. The molecule has 0 saturated carbocycles. The second-order valence-electron chi connectivity index (χ2n) is 21.8. The SMILES string of the molecule is CCC/C=C/CC/C=C/C(O)C(COC1OC(CO)C(OC2OC(CO)C(O)C(O)C2O)C(O)C1O)NC(=O)CCCCCCCCCCCCCCCCCCCCCCCCCCCCCCCCCCC. The van der Waals surface area contributed by atoms with Crippen LogP contribution in [0.5, 0.6) is 0 Å². The number of amides is 1. The number of hydrogen-bond donors (Lipinski definition) is 9. The Bertz CT molecular complexity index is 1340. The number of carbonyl (C=O) groups is 1. The summed E-state index contributed by atoms with van der Waals surface area (Å²) in [5.74, 6) is -0.249. The molecule has 2 rings (SSSR count). The molecule has 1 amide bonds. The molecule has 12 atom stereocenters. The molecular weight excluding hydrogens is 943 g/mol. The fourth-order valence-corrected chi connectivity index (χ4v) is 10.2. The summed E-state index contributed by atoms with van der Waals surface area (Å²) in [6.07, 6.45) is 38.8. The van der Waals surface area contributed by atoms with E-state index in [4.69, 9.17) is 18.9 Å². The molecule has 0 aliphatic carbocycles. The van der Waals surface area contributed by atoms with Gasteiger partial charge in [0.2, 0.25) is 5.91 Å². The van der Waals surface area contributed by atoms with Gasteiger partial charge in [0.15, 0.2) is 12.6 Å². The van der Waals surface area contributed by atoms with E-state index < -0.39 is 86.8 Å². The molecule has 2 aliphatic heterocycles. The van der Waals surface area contributed by atoms with Crippen LogP contribution in [0.4, 0.5) is 0 Å². The van der Waals surface area contributed by atoms with Crippen LogP contribution in [0.2, 0.25) is 0 Å². The largest absolute Gasteiger partial charge is 0.394 e. The monoisotopic (exact) mass is 1060 g/mol. The molecule has 9 N–H and O–H groups in total. The Morgan fingerprint density at radius 1 is 0.473 bits per heavy atom. The summed E-state index contributed by atoms with van der Waals surface area (Å²) >= 11 is 0. The Kier molecular flexibility index (Phi) is 43.0. The Balaban J connectivity index is 1.55. The predicted molar refractivity (Wildman–Crippen MR) is 295 cm³/mol. The van der Waals surface area contributed by atoms with Gasteiger partial charge in [0.1, 0.15) is 48.8 Å². The molecule has 2 heterocycles. The first kappa shape index (κ1) is 68.6. The van der Waals surface area contributed by atoms with E-state index in [-0.39, 0.29) is 18.9 Å². The number of unbranched alkanes of at least 4 members (excludes halogenated alkanes) is 34. The van der Waals surface area contributed by atoms with Crippen LogP contribution in [0, 0.1) is 0 Å². The van der Waals surface area contributed by atoms with Gasteiger partial charge in [0.25, 0.3) is 0 Å². The van der Waals surface area contributed by atoms with Crippen LogP contribution >= 0.6 is 0 Å². The number of rotatable bonds is 49. The number of aliphatic hydroxyl groups excluding tert-OH is 8. The third kappa shape index (κ3) is 31.8. The molecule has 0 bridgehead atoms. The summed E-state index contributed by atoms with van der Waals surface area (Å²) in [5.41, 5.74) is 0.